The number of hydrogen-bond acceptors (Lipinski definition) is 3. The van der Waals surface area contributed by atoms with Crippen molar-refractivity contribution in [2.45, 2.75) is 19.8 Å². The maximum absolute atomic E-state index is 11.7. The van der Waals surface area contributed by atoms with Gasteiger partial charge in [-0.2, -0.15) is 5.10 Å². The number of hydrogen-bond donors (Lipinski definition) is 1. The zero-order chi connectivity index (χ0) is 11.5. The predicted molar refractivity (Wildman–Crippen MR) is 62.2 cm³/mol. The van der Waals surface area contributed by atoms with Crippen LogP contribution in [0.3, 0.4) is 0 Å². The molecule has 0 unspecified atom stereocenters. The van der Waals surface area contributed by atoms with E-state index in [0.717, 1.165) is 24.6 Å². The number of nitrogens with one attached hydrogen (secondary N) is 1. The molecule has 5 nitrogen and oxygen atoms in total. The second-order valence-electron chi connectivity index (χ2n) is 4.33. The first-order valence-corrected chi connectivity index (χ1v) is 5.68. The molecule has 1 aromatic heterocycles. The van der Waals surface area contributed by atoms with Crippen molar-refractivity contribution in [1.29, 1.82) is 0 Å². The molecule has 16 heavy (non-hydrogen) atoms. The number of aromatic nitrogens is 2. The van der Waals surface area contributed by atoms with Crippen molar-refractivity contribution in [3.05, 3.63) is 11.8 Å². The smallest absolute Gasteiger partial charge is 0.239 e. The van der Waals surface area contributed by atoms with Gasteiger partial charge in [-0.05, 0) is 32.9 Å². The lowest BCUT2D eigenvalue weighted by molar-refractivity contribution is -0.117. The van der Waals surface area contributed by atoms with Crippen molar-refractivity contribution in [2.75, 3.05) is 25.0 Å². The molecule has 1 aliphatic rings. The highest BCUT2D eigenvalue weighted by molar-refractivity contribution is 5.91. The third kappa shape index (κ3) is 2.61. The summed E-state index contributed by atoms with van der Waals surface area (Å²) in [7, 11) is 1.83. The highest BCUT2D eigenvalue weighted by Crippen LogP contribution is 2.10. The first-order chi connectivity index (χ1) is 7.65. The van der Waals surface area contributed by atoms with Gasteiger partial charge in [-0.3, -0.25) is 14.4 Å². The Morgan fingerprint density at radius 1 is 1.50 bits per heavy atom. The number of nitrogens with zero attached hydrogens (tertiary/aromatic N) is 3. The van der Waals surface area contributed by atoms with Crippen molar-refractivity contribution in [3.63, 3.8) is 0 Å². The fourth-order valence-electron chi connectivity index (χ4n) is 2.05. The topological polar surface area (TPSA) is 50.2 Å². The number of amides is 1. The van der Waals surface area contributed by atoms with E-state index in [0.29, 0.717) is 6.54 Å². The minimum absolute atomic E-state index is 0.0462. The molecule has 1 aromatic rings. The van der Waals surface area contributed by atoms with Gasteiger partial charge < -0.3 is 5.32 Å². The second-order valence-corrected chi connectivity index (χ2v) is 4.33. The summed E-state index contributed by atoms with van der Waals surface area (Å²) in [5.74, 6) is 0.812. The molecular weight excluding hydrogens is 204 g/mol. The molecule has 0 saturated carbocycles. The third-order valence-electron chi connectivity index (χ3n) is 2.84. The molecule has 0 bridgehead atoms. The Morgan fingerprint density at radius 2 is 2.19 bits per heavy atom. The molecule has 1 N–H and O–H groups in total. The Kier molecular flexibility index (Phi) is 3.24. The van der Waals surface area contributed by atoms with Crippen LogP contribution in [0.25, 0.3) is 0 Å². The van der Waals surface area contributed by atoms with E-state index in [1.807, 2.05) is 20.0 Å². The van der Waals surface area contributed by atoms with Gasteiger partial charge in [0.1, 0.15) is 5.82 Å². The molecule has 1 amide bonds. The van der Waals surface area contributed by atoms with Gasteiger partial charge in [-0.25, -0.2) is 0 Å². The summed E-state index contributed by atoms with van der Waals surface area (Å²) in [6.07, 6.45) is 2.41. The SMILES string of the molecule is Cc1cc(NC(=O)CN2CCCC2)n(C)n1. The summed E-state index contributed by atoms with van der Waals surface area (Å²) in [4.78, 5) is 13.9. The Balaban J connectivity index is 1.89. The molecular formula is C11H18N4O. The van der Waals surface area contributed by atoms with Crippen LogP contribution in [0.4, 0.5) is 5.82 Å². The standard InChI is InChI=1S/C11H18N4O/c1-9-7-10(14(2)13-9)12-11(16)8-15-5-3-4-6-15/h7H,3-6,8H2,1-2H3,(H,12,16). The molecule has 0 aromatic carbocycles. The molecule has 0 spiro atoms. The Bertz CT molecular complexity index is 379. The van der Waals surface area contributed by atoms with E-state index in [4.69, 9.17) is 0 Å². The highest BCUT2D eigenvalue weighted by atomic mass is 16.2. The summed E-state index contributed by atoms with van der Waals surface area (Å²) >= 11 is 0. The fraction of sp³-hybridized carbons (Fsp3) is 0.636. The summed E-state index contributed by atoms with van der Waals surface area (Å²) < 4.78 is 1.69. The number of rotatable bonds is 3. The molecule has 0 atom stereocenters. The number of aryl methyl sites for hydroxylation is 2. The van der Waals surface area contributed by atoms with Crippen molar-refractivity contribution in [2.24, 2.45) is 7.05 Å². The zero-order valence-electron chi connectivity index (χ0n) is 9.86. The fourth-order valence-corrected chi connectivity index (χ4v) is 2.05. The average Bonchev–Trinajstić information content (AvgIpc) is 2.78. The van der Waals surface area contributed by atoms with Gasteiger partial charge in [0.2, 0.25) is 5.91 Å². The van der Waals surface area contributed by atoms with Gasteiger partial charge >= 0.3 is 0 Å². The van der Waals surface area contributed by atoms with E-state index in [-0.39, 0.29) is 5.91 Å². The van der Waals surface area contributed by atoms with E-state index in [9.17, 15) is 4.79 Å². The minimum atomic E-state index is 0.0462. The first kappa shape index (κ1) is 11.1. The lowest BCUT2D eigenvalue weighted by Gasteiger charge is -2.13. The Labute approximate surface area is 95.4 Å². The molecule has 5 heteroatoms. The molecule has 2 rings (SSSR count). The summed E-state index contributed by atoms with van der Waals surface area (Å²) in [5, 5.41) is 7.06. The summed E-state index contributed by atoms with van der Waals surface area (Å²) in [6, 6.07) is 1.88. The largest absolute Gasteiger partial charge is 0.310 e. The van der Waals surface area contributed by atoms with Crippen LogP contribution in [0.5, 0.6) is 0 Å². The van der Waals surface area contributed by atoms with Crippen LogP contribution >= 0.6 is 0 Å². The van der Waals surface area contributed by atoms with Crippen LogP contribution in [0.15, 0.2) is 6.07 Å². The number of likely N-dealkylation sites (tertiary alicyclic amines) is 1. The number of anilines is 1. The van der Waals surface area contributed by atoms with Crippen LogP contribution in [-0.2, 0) is 11.8 Å². The van der Waals surface area contributed by atoms with Crippen LogP contribution in [0.2, 0.25) is 0 Å². The van der Waals surface area contributed by atoms with Gasteiger partial charge in [0.05, 0.1) is 12.2 Å². The molecule has 1 fully saturated rings. The maximum atomic E-state index is 11.7. The molecule has 88 valence electrons. The third-order valence-corrected chi connectivity index (χ3v) is 2.84. The molecule has 0 radical (unpaired) electrons. The molecule has 1 aliphatic heterocycles. The van der Waals surface area contributed by atoms with Gasteiger partial charge in [0, 0.05) is 13.1 Å². The van der Waals surface area contributed by atoms with E-state index in [1.54, 1.807) is 4.68 Å². The van der Waals surface area contributed by atoms with Crippen molar-refractivity contribution >= 4 is 11.7 Å². The van der Waals surface area contributed by atoms with E-state index < -0.39 is 0 Å². The maximum Gasteiger partial charge on any atom is 0.239 e. The van der Waals surface area contributed by atoms with Crippen molar-refractivity contribution in [3.8, 4) is 0 Å². The Hall–Kier alpha value is -1.36. The van der Waals surface area contributed by atoms with Crippen molar-refractivity contribution < 1.29 is 4.79 Å². The van der Waals surface area contributed by atoms with Crippen LogP contribution in [-0.4, -0.2) is 40.2 Å². The Morgan fingerprint density at radius 3 is 2.75 bits per heavy atom. The minimum Gasteiger partial charge on any atom is -0.310 e. The zero-order valence-corrected chi connectivity index (χ0v) is 9.86. The summed E-state index contributed by atoms with van der Waals surface area (Å²) in [5.41, 5.74) is 0.916. The van der Waals surface area contributed by atoms with Crippen LogP contribution in [0.1, 0.15) is 18.5 Å². The normalized spacial score (nSPS) is 16.6. The van der Waals surface area contributed by atoms with E-state index in [2.05, 4.69) is 15.3 Å². The van der Waals surface area contributed by atoms with Crippen LogP contribution < -0.4 is 5.32 Å². The quantitative estimate of drug-likeness (QED) is 0.821. The monoisotopic (exact) mass is 222 g/mol. The molecule has 2 heterocycles. The number of carbonyl (C=O) groups is 1. The van der Waals surface area contributed by atoms with Gasteiger partial charge in [-0.1, -0.05) is 0 Å². The van der Waals surface area contributed by atoms with Gasteiger partial charge in [0.25, 0.3) is 0 Å². The number of carbonyl (C=O) groups excluding carboxylic acids is 1. The van der Waals surface area contributed by atoms with Gasteiger partial charge in [-0.15, -0.1) is 0 Å². The second kappa shape index (κ2) is 4.65. The van der Waals surface area contributed by atoms with E-state index >= 15 is 0 Å². The first-order valence-electron chi connectivity index (χ1n) is 5.68. The lowest BCUT2D eigenvalue weighted by atomic mass is 10.4. The predicted octanol–water partition coefficient (Wildman–Crippen LogP) is 0.763. The molecule has 1 saturated heterocycles. The van der Waals surface area contributed by atoms with Gasteiger partial charge in [0.15, 0.2) is 0 Å². The summed E-state index contributed by atoms with van der Waals surface area (Å²) in [6.45, 7) is 4.48. The van der Waals surface area contributed by atoms with Crippen LogP contribution in [0, 0.1) is 6.92 Å². The highest BCUT2D eigenvalue weighted by Gasteiger charge is 2.15. The lowest BCUT2D eigenvalue weighted by Crippen LogP contribution is -2.31. The average molecular weight is 222 g/mol. The molecule has 0 aliphatic carbocycles. The van der Waals surface area contributed by atoms with Crippen molar-refractivity contribution in [1.82, 2.24) is 14.7 Å². The van der Waals surface area contributed by atoms with E-state index in [1.165, 1.54) is 12.8 Å².